The number of rotatable bonds is 2. The van der Waals surface area contributed by atoms with E-state index in [1.807, 2.05) is 0 Å². The molecule has 0 aromatic heterocycles. The quantitative estimate of drug-likeness (QED) is 0.777. The molecule has 1 fully saturated rings. The van der Waals surface area contributed by atoms with E-state index >= 15 is 0 Å². The first-order valence-corrected chi connectivity index (χ1v) is 6.40. The standard InChI is InChI=1S/C15H20N2/c1-12-6-7-14(9-13(12)2)11-17-8-4-3-5-15(17)10-16/h6-7,9,15H,3-5,8,11H2,1-2H3. The van der Waals surface area contributed by atoms with Crippen molar-refractivity contribution in [3.8, 4) is 6.07 Å². The largest absolute Gasteiger partial charge is 0.284 e. The van der Waals surface area contributed by atoms with Crippen molar-refractivity contribution in [3.05, 3.63) is 34.9 Å². The smallest absolute Gasteiger partial charge is 0.0980 e. The van der Waals surface area contributed by atoms with E-state index in [9.17, 15) is 0 Å². The fourth-order valence-electron chi connectivity index (χ4n) is 2.46. The van der Waals surface area contributed by atoms with E-state index in [2.05, 4.69) is 43.0 Å². The lowest BCUT2D eigenvalue weighted by Gasteiger charge is -2.31. The Bertz CT molecular complexity index is 431. The maximum Gasteiger partial charge on any atom is 0.0980 e. The molecule has 1 aliphatic heterocycles. The Morgan fingerprint density at radius 3 is 2.82 bits per heavy atom. The summed E-state index contributed by atoms with van der Waals surface area (Å²) >= 11 is 0. The predicted octanol–water partition coefficient (Wildman–Crippen LogP) is 3.18. The van der Waals surface area contributed by atoms with Crippen LogP contribution in [0.15, 0.2) is 18.2 Å². The molecule has 1 saturated heterocycles. The summed E-state index contributed by atoms with van der Waals surface area (Å²) in [7, 11) is 0. The van der Waals surface area contributed by atoms with Gasteiger partial charge in [-0.25, -0.2) is 0 Å². The van der Waals surface area contributed by atoms with Crippen LogP contribution in [0.2, 0.25) is 0 Å². The Morgan fingerprint density at radius 2 is 2.12 bits per heavy atom. The minimum Gasteiger partial charge on any atom is -0.284 e. The van der Waals surface area contributed by atoms with Crippen molar-refractivity contribution in [3.63, 3.8) is 0 Å². The van der Waals surface area contributed by atoms with Gasteiger partial charge < -0.3 is 0 Å². The van der Waals surface area contributed by atoms with Crippen LogP contribution in [0.3, 0.4) is 0 Å². The molecular formula is C15H20N2. The van der Waals surface area contributed by atoms with Crippen LogP contribution in [0.1, 0.15) is 36.0 Å². The Kier molecular flexibility index (Phi) is 3.81. The molecule has 0 bridgehead atoms. The van der Waals surface area contributed by atoms with Crippen molar-refractivity contribution in [2.45, 2.75) is 45.7 Å². The van der Waals surface area contributed by atoms with Crippen molar-refractivity contribution in [1.29, 1.82) is 5.26 Å². The average molecular weight is 228 g/mol. The normalized spacial score (nSPS) is 21.1. The molecule has 1 unspecified atom stereocenters. The molecule has 0 amide bonds. The molecule has 2 heteroatoms. The van der Waals surface area contributed by atoms with E-state index in [1.54, 1.807) is 0 Å². The number of hydrogen-bond donors (Lipinski definition) is 0. The third-order valence-corrected chi connectivity index (χ3v) is 3.72. The maximum absolute atomic E-state index is 9.15. The number of likely N-dealkylation sites (tertiary alicyclic amines) is 1. The summed E-state index contributed by atoms with van der Waals surface area (Å²) in [5.74, 6) is 0. The van der Waals surface area contributed by atoms with Gasteiger partial charge in [0, 0.05) is 6.54 Å². The number of aryl methyl sites for hydroxylation is 2. The SMILES string of the molecule is Cc1ccc(CN2CCCCC2C#N)cc1C. The Morgan fingerprint density at radius 1 is 1.29 bits per heavy atom. The van der Waals surface area contributed by atoms with Crippen LogP contribution in [0.4, 0.5) is 0 Å². The molecule has 2 nitrogen and oxygen atoms in total. The third kappa shape index (κ3) is 2.87. The van der Waals surface area contributed by atoms with E-state index in [0.29, 0.717) is 0 Å². The van der Waals surface area contributed by atoms with Crippen molar-refractivity contribution in [2.24, 2.45) is 0 Å². The second-order valence-corrected chi connectivity index (χ2v) is 5.03. The van der Waals surface area contributed by atoms with Crippen molar-refractivity contribution in [2.75, 3.05) is 6.54 Å². The van der Waals surface area contributed by atoms with Gasteiger partial charge in [-0.3, -0.25) is 4.90 Å². The van der Waals surface area contributed by atoms with Crippen LogP contribution in [0.5, 0.6) is 0 Å². The van der Waals surface area contributed by atoms with E-state index in [-0.39, 0.29) is 6.04 Å². The van der Waals surface area contributed by atoms with Crippen LogP contribution in [-0.4, -0.2) is 17.5 Å². The Labute approximate surface area is 104 Å². The molecule has 1 aromatic carbocycles. The topological polar surface area (TPSA) is 27.0 Å². The van der Waals surface area contributed by atoms with Gasteiger partial charge in [0.15, 0.2) is 0 Å². The molecule has 2 rings (SSSR count). The summed E-state index contributed by atoms with van der Waals surface area (Å²) in [6, 6.07) is 9.15. The first-order chi connectivity index (χ1) is 8.20. The molecule has 1 aliphatic rings. The fourth-order valence-corrected chi connectivity index (χ4v) is 2.46. The Hall–Kier alpha value is -1.33. The van der Waals surface area contributed by atoms with Gasteiger partial charge in [0.25, 0.3) is 0 Å². The van der Waals surface area contributed by atoms with E-state index < -0.39 is 0 Å². The second-order valence-electron chi connectivity index (χ2n) is 5.03. The zero-order valence-corrected chi connectivity index (χ0v) is 10.7. The molecule has 0 spiro atoms. The van der Waals surface area contributed by atoms with E-state index in [0.717, 1.165) is 19.5 Å². The van der Waals surface area contributed by atoms with Gasteiger partial charge in [-0.05, 0) is 56.3 Å². The number of nitrogens with zero attached hydrogens (tertiary/aromatic N) is 2. The first kappa shape index (κ1) is 12.1. The van der Waals surface area contributed by atoms with Gasteiger partial charge in [0.1, 0.15) is 0 Å². The number of piperidine rings is 1. The lowest BCUT2D eigenvalue weighted by Crippen LogP contribution is -2.37. The molecule has 0 N–H and O–H groups in total. The minimum atomic E-state index is 0.116. The van der Waals surface area contributed by atoms with Crippen LogP contribution < -0.4 is 0 Å². The highest BCUT2D eigenvalue weighted by Gasteiger charge is 2.21. The van der Waals surface area contributed by atoms with Crippen molar-refractivity contribution >= 4 is 0 Å². The number of benzene rings is 1. The van der Waals surface area contributed by atoms with Gasteiger partial charge in [-0.15, -0.1) is 0 Å². The average Bonchev–Trinajstić information content (AvgIpc) is 2.34. The highest BCUT2D eigenvalue weighted by Crippen LogP contribution is 2.20. The third-order valence-electron chi connectivity index (χ3n) is 3.72. The van der Waals surface area contributed by atoms with Gasteiger partial charge in [-0.1, -0.05) is 18.2 Å². The molecule has 90 valence electrons. The molecule has 0 saturated carbocycles. The first-order valence-electron chi connectivity index (χ1n) is 6.40. The second kappa shape index (κ2) is 5.33. The predicted molar refractivity (Wildman–Crippen MR) is 69.6 cm³/mol. The lowest BCUT2D eigenvalue weighted by molar-refractivity contribution is 0.176. The summed E-state index contributed by atoms with van der Waals surface area (Å²) < 4.78 is 0. The minimum absolute atomic E-state index is 0.116. The summed E-state index contributed by atoms with van der Waals surface area (Å²) in [5.41, 5.74) is 4.01. The molecule has 1 atom stereocenters. The lowest BCUT2D eigenvalue weighted by atomic mass is 10.0. The van der Waals surface area contributed by atoms with Gasteiger partial charge in [-0.2, -0.15) is 5.26 Å². The summed E-state index contributed by atoms with van der Waals surface area (Å²) in [6.45, 7) is 6.26. The van der Waals surface area contributed by atoms with Crippen LogP contribution in [0.25, 0.3) is 0 Å². The van der Waals surface area contributed by atoms with Gasteiger partial charge in [0.2, 0.25) is 0 Å². The highest BCUT2D eigenvalue weighted by atomic mass is 15.2. The maximum atomic E-state index is 9.15. The van der Waals surface area contributed by atoms with Gasteiger partial charge >= 0.3 is 0 Å². The monoisotopic (exact) mass is 228 g/mol. The fraction of sp³-hybridized carbons (Fsp3) is 0.533. The summed E-state index contributed by atoms with van der Waals surface area (Å²) in [5, 5.41) is 9.15. The zero-order valence-electron chi connectivity index (χ0n) is 10.7. The molecule has 0 aliphatic carbocycles. The van der Waals surface area contributed by atoms with Crippen LogP contribution in [-0.2, 0) is 6.54 Å². The van der Waals surface area contributed by atoms with Crippen LogP contribution in [0, 0.1) is 25.2 Å². The molecular weight excluding hydrogens is 208 g/mol. The number of hydrogen-bond acceptors (Lipinski definition) is 2. The molecule has 1 aromatic rings. The molecule has 17 heavy (non-hydrogen) atoms. The van der Waals surface area contributed by atoms with Crippen molar-refractivity contribution < 1.29 is 0 Å². The molecule has 1 heterocycles. The van der Waals surface area contributed by atoms with Crippen LogP contribution >= 0.6 is 0 Å². The summed E-state index contributed by atoms with van der Waals surface area (Å²) in [6.07, 6.45) is 3.45. The zero-order chi connectivity index (χ0) is 12.3. The Balaban J connectivity index is 2.09. The highest BCUT2D eigenvalue weighted by molar-refractivity contribution is 5.30. The number of nitriles is 1. The van der Waals surface area contributed by atoms with Gasteiger partial charge in [0.05, 0.1) is 12.1 Å². The van der Waals surface area contributed by atoms with Crippen molar-refractivity contribution in [1.82, 2.24) is 4.90 Å². The molecule has 0 radical (unpaired) electrons. The summed E-state index contributed by atoms with van der Waals surface area (Å²) in [4.78, 5) is 2.31. The van der Waals surface area contributed by atoms with E-state index in [1.165, 1.54) is 29.5 Å². The van der Waals surface area contributed by atoms with E-state index in [4.69, 9.17) is 5.26 Å².